The van der Waals surface area contributed by atoms with E-state index < -0.39 is 38.7 Å². The smallest absolute Gasteiger partial charge is 0.282 e. The maximum absolute atomic E-state index is 12.5. The number of alkyl halides is 3. The molecule has 0 atom stereocenters. The standard InChI is InChI=1S/C11H8F3NO3S/c1-19(17,18)10-5-8(11(12,13)14)3-2-7(10)4-9(16)6-15/h2-3,5H,4H2,1H3. The molecule has 1 aromatic rings. The molecule has 0 aliphatic rings. The van der Waals surface area contributed by atoms with Crippen molar-refractivity contribution in [3.05, 3.63) is 29.3 Å². The second-order valence-corrected chi connectivity index (χ2v) is 5.79. The van der Waals surface area contributed by atoms with E-state index in [1.807, 2.05) is 0 Å². The molecule has 0 heterocycles. The van der Waals surface area contributed by atoms with Crippen molar-refractivity contribution in [2.75, 3.05) is 6.26 Å². The van der Waals surface area contributed by atoms with Gasteiger partial charge in [-0.05, 0) is 17.7 Å². The summed E-state index contributed by atoms with van der Waals surface area (Å²) in [5.74, 6) is -0.926. The molecule has 0 aliphatic carbocycles. The molecule has 102 valence electrons. The third-order valence-electron chi connectivity index (χ3n) is 2.27. The van der Waals surface area contributed by atoms with Gasteiger partial charge in [0, 0.05) is 12.7 Å². The SMILES string of the molecule is CS(=O)(=O)c1cc(C(F)(F)F)ccc1CC(=O)C#N. The molecule has 1 aromatic carbocycles. The fourth-order valence-corrected chi connectivity index (χ4v) is 2.39. The summed E-state index contributed by atoms with van der Waals surface area (Å²) in [6, 6.07) is 3.32. The molecular weight excluding hydrogens is 283 g/mol. The van der Waals surface area contributed by atoms with Crippen LogP contribution in [0.3, 0.4) is 0 Å². The number of carbonyl (C=O) groups is 1. The predicted octanol–water partition coefficient (Wildman–Crippen LogP) is 1.74. The Morgan fingerprint density at radius 3 is 2.37 bits per heavy atom. The van der Waals surface area contributed by atoms with Gasteiger partial charge in [-0.15, -0.1) is 0 Å². The summed E-state index contributed by atoms with van der Waals surface area (Å²) < 4.78 is 60.4. The van der Waals surface area contributed by atoms with Crippen molar-refractivity contribution >= 4 is 15.6 Å². The highest BCUT2D eigenvalue weighted by Crippen LogP contribution is 2.32. The average molecular weight is 291 g/mol. The van der Waals surface area contributed by atoms with Crippen LogP contribution in [-0.2, 0) is 27.2 Å². The number of benzene rings is 1. The third-order valence-corrected chi connectivity index (χ3v) is 3.45. The molecule has 0 fully saturated rings. The van der Waals surface area contributed by atoms with E-state index in [0.717, 1.165) is 12.3 Å². The number of carbonyl (C=O) groups excluding carboxylic acids is 1. The van der Waals surface area contributed by atoms with Crippen molar-refractivity contribution in [1.82, 2.24) is 0 Å². The molecule has 0 bridgehead atoms. The minimum atomic E-state index is -4.68. The van der Waals surface area contributed by atoms with Gasteiger partial charge in [-0.25, -0.2) is 8.42 Å². The Hall–Kier alpha value is -1.88. The first-order valence-corrected chi connectivity index (χ1v) is 6.78. The lowest BCUT2D eigenvalue weighted by Crippen LogP contribution is -2.11. The number of ketones is 1. The summed E-state index contributed by atoms with van der Waals surface area (Å²) in [6.07, 6.45) is -4.49. The fraction of sp³-hybridized carbons (Fsp3) is 0.273. The molecule has 1 rings (SSSR count). The second kappa shape index (κ2) is 5.01. The van der Waals surface area contributed by atoms with Gasteiger partial charge in [-0.2, -0.15) is 18.4 Å². The minimum absolute atomic E-state index is 0.123. The van der Waals surface area contributed by atoms with Gasteiger partial charge in [0.2, 0.25) is 5.78 Å². The molecule has 0 spiro atoms. The van der Waals surface area contributed by atoms with Crippen LogP contribution >= 0.6 is 0 Å². The highest BCUT2D eigenvalue weighted by atomic mass is 32.2. The molecule has 0 radical (unpaired) electrons. The van der Waals surface area contributed by atoms with Crippen LogP contribution in [0.25, 0.3) is 0 Å². The monoisotopic (exact) mass is 291 g/mol. The Bertz CT molecular complexity index is 657. The highest BCUT2D eigenvalue weighted by molar-refractivity contribution is 7.90. The van der Waals surface area contributed by atoms with Crippen molar-refractivity contribution in [1.29, 1.82) is 5.26 Å². The van der Waals surface area contributed by atoms with E-state index in [0.29, 0.717) is 12.1 Å². The van der Waals surface area contributed by atoms with Gasteiger partial charge in [0.15, 0.2) is 9.84 Å². The summed E-state index contributed by atoms with van der Waals surface area (Å²) in [7, 11) is -3.93. The van der Waals surface area contributed by atoms with Crippen molar-refractivity contribution in [3.63, 3.8) is 0 Å². The highest BCUT2D eigenvalue weighted by Gasteiger charge is 2.32. The van der Waals surface area contributed by atoms with Gasteiger partial charge in [0.1, 0.15) is 6.07 Å². The van der Waals surface area contributed by atoms with Crippen LogP contribution in [0.5, 0.6) is 0 Å². The number of hydrogen-bond donors (Lipinski definition) is 0. The number of halogens is 3. The summed E-state index contributed by atoms with van der Waals surface area (Å²) in [6.45, 7) is 0. The number of rotatable bonds is 3. The van der Waals surface area contributed by atoms with E-state index in [-0.39, 0.29) is 5.56 Å². The van der Waals surface area contributed by atoms with Crippen molar-refractivity contribution < 1.29 is 26.4 Å². The van der Waals surface area contributed by atoms with Gasteiger partial charge >= 0.3 is 6.18 Å². The zero-order valence-electron chi connectivity index (χ0n) is 9.65. The van der Waals surface area contributed by atoms with Crippen LogP contribution in [0.2, 0.25) is 0 Å². The summed E-state index contributed by atoms with van der Waals surface area (Å²) in [5, 5.41) is 8.34. The molecule has 0 N–H and O–H groups in total. The second-order valence-electron chi connectivity index (χ2n) is 3.80. The normalized spacial score (nSPS) is 11.9. The van der Waals surface area contributed by atoms with Crippen LogP contribution in [0.1, 0.15) is 11.1 Å². The summed E-state index contributed by atoms with van der Waals surface area (Å²) in [4.78, 5) is 10.4. The van der Waals surface area contributed by atoms with E-state index in [1.54, 1.807) is 0 Å². The maximum atomic E-state index is 12.5. The molecule has 19 heavy (non-hydrogen) atoms. The topological polar surface area (TPSA) is 75.0 Å². The lowest BCUT2D eigenvalue weighted by Gasteiger charge is -2.11. The Labute approximate surface area is 107 Å². The zero-order valence-corrected chi connectivity index (χ0v) is 10.5. The van der Waals surface area contributed by atoms with E-state index in [4.69, 9.17) is 5.26 Å². The van der Waals surface area contributed by atoms with Crippen LogP contribution in [-0.4, -0.2) is 20.5 Å². The first-order valence-electron chi connectivity index (χ1n) is 4.89. The van der Waals surface area contributed by atoms with Gasteiger partial charge in [0.25, 0.3) is 0 Å². The lowest BCUT2D eigenvalue weighted by atomic mass is 10.1. The number of hydrogen-bond acceptors (Lipinski definition) is 4. The number of Topliss-reactive ketones (excluding diaryl/α,β-unsaturated/α-hetero) is 1. The Morgan fingerprint density at radius 1 is 1.37 bits per heavy atom. The van der Waals surface area contributed by atoms with Crippen LogP contribution in [0.4, 0.5) is 13.2 Å². The quantitative estimate of drug-likeness (QED) is 0.795. The molecule has 0 saturated heterocycles. The average Bonchev–Trinajstić information content (AvgIpc) is 2.26. The van der Waals surface area contributed by atoms with Crippen LogP contribution in [0.15, 0.2) is 23.1 Å². The molecule has 4 nitrogen and oxygen atoms in total. The summed E-state index contributed by atoms with van der Waals surface area (Å²) >= 11 is 0. The minimum Gasteiger partial charge on any atom is -0.282 e. The largest absolute Gasteiger partial charge is 0.416 e. The Balaban J connectivity index is 3.43. The summed E-state index contributed by atoms with van der Waals surface area (Å²) in [5.41, 5.74) is -1.25. The molecule has 0 unspecified atom stereocenters. The van der Waals surface area contributed by atoms with E-state index in [2.05, 4.69) is 0 Å². The zero-order chi connectivity index (χ0) is 14.8. The van der Waals surface area contributed by atoms with Gasteiger partial charge in [0.05, 0.1) is 10.5 Å². The maximum Gasteiger partial charge on any atom is 0.416 e. The number of nitriles is 1. The fourth-order valence-electron chi connectivity index (χ4n) is 1.43. The van der Waals surface area contributed by atoms with Crippen molar-refractivity contribution in [2.24, 2.45) is 0 Å². The predicted molar refractivity (Wildman–Crippen MR) is 58.9 cm³/mol. The first kappa shape index (κ1) is 15.2. The van der Waals surface area contributed by atoms with Gasteiger partial charge < -0.3 is 0 Å². The lowest BCUT2D eigenvalue weighted by molar-refractivity contribution is -0.137. The van der Waals surface area contributed by atoms with E-state index in [1.165, 1.54) is 6.07 Å². The van der Waals surface area contributed by atoms with Gasteiger partial charge in [-0.3, -0.25) is 4.79 Å². The third kappa shape index (κ3) is 3.79. The first-order chi connectivity index (χ1) is 8.55. The number of nitrogens with zero attached hydrogens (tertiary/aromatic N) is 1. The number of sulfone groups is 1. The molecule has 0 saturated carbocycles. The Morgan fingerprint density at radius 2 is 1.95 bits per heavy atom. The van der Waals surface area contributed by atoms with Crippen molar-refractivity contribution in [3.8, 4) is 6.07 Å². The molecule has 0 aliphatic heterocycles. The Kier molecular flexibility index (Phi) is 4.00. The molecular formula is C11H8F3NO3S. The van der Waals surface area contributed by atoms with E-state index in [9.17, 15) is 26.4 Å². The molecule has 8 heteroatoms. The molecule has 0 amide bonds. The van der Waals surface area contributed by atoms with Crippen LogP contribution < -0.4 is 0 Å². The van der Waals surface area contributed by atoms with Crippen LogP contribution in [0, 0.1) is 11.3 Å². The van der Waals surface area contributed by atoms with Gasteiger partial charge in [-0.1, -0.05) is 6.07 Å². The van der Waals surface area contributed by atoms with E-state index >= 15 is 0 Å². The molecule has 0 aromatic heterocycles. The van der Waals surface area contributed by atoms with Crippen molar-refractivity contribution in [2.45, 2.75) is 17.5 Å².